The Morgan fingerprint density at radius 3 is 2.56 bits per heavy atom. The van der Waals surface area contributed by atoms with Crippen LogP contribution in [0.2, 0.25) is 0 Å². The molecule has 0 bridgehead atoms. The molecule has 0 unspecified atom stereocenters. The first-order valence-corrected chi connectivity index (χ1v) is 5.62. The lowest BCUT2D eigenvalue weighted by molar-refractivity contribution is -0.144. The van der Waals surface area contributed by atoms with Gasteiger partial charge in [-0.3, -0.25) is 0 Å². The standard InChI is InChI=1S/C8H13F3N4S/c1-2-15(5-3-4-12)7-13-6(14-16-7)8(9,10)11/h2-5,12H2,1H3. The molecule has 0 aliphatic heterocycles. The Kier molecular flexibility index (Phi) is 4.48. The summed E-state index contributed by atoms with van der Waals surface area (Å²) in [6.07, 6.45) is -3.75. The van der Waals surface area contributed by atoms with Gasteiger partial charge in [-0.05, 0) is 19.9 Å². The number of hydrogen-bond acceptors (Lipinski definition) is 5. The lowest BCUT2D eigenvalue weighted by atomic mass is 10.4. The first-order valence-electron chi connectivity index (χ1n) is 4.85. The molecular formula is C8H13F3N4S. The number of nitrogens with two attached hydrogens (primary N) is 1. The first-order chi connectivity index (χ1) is 7.49. The average Bonchev–Trinajstić information content (AvgIpc) is 2.68. The van der Waals surface area contributed by atoms with E-state index in [4.69, 9.17) is 5.73 Å². The van der Waals surface area contributed by atoms with Crippen LogP contribution in [0.1, 0.15) is 19.2 Å². The van der Waals surface area contributed by atoms with E-state index in [-0.39, 0.29) is 0 Å². The van der Waals surface area contributed by atoms with Crippen LogP contribution in [-0.4, -0.2) is 29.0 Å². The predicted molar refractivity (Wildman–Crippen MR) is 56.5 cm³/mol. The molecule has 8 heteroatoms. The van der Waals surface area contributed by atoms with E-state index in [2.05, 4.69) is 9.36 Å². The second-order valence-electron chi connectivity index (χ2n) is 3.12. The zero-order chi connectivity index (χ0) is 12.2. The molecule has 1 aromatic heterocycles. The fraction of sp³-hybridized carbons (Fsp3) is 0.750. The van der Waals surface area contributed by atoms with Crippen LogP contribution < -0.4 is 10.6 Å². The summed E-state index contributed by atoms with van der Waals surface area (Å²) in [7, 11) is 0. The third-order valence-electron chi connectivity index (χ3n) is 1.95. The minimum atomic E-state index is -4.47. The zero-order valence-electron chi connectivity index (χ0n) is 8.79. The molecule has 0 fully saturated rings. The summed E-state index contributed by atoms with van der Waals surface area (Å²) < 4.78 is 40.1. The van der Waals surface area contributed by atoms with E-state index in [1.807, 2.05) is 6.92 Å². The Hall–Kier alpha value is -0.890. The molecule has 16 heavy (non-hydrogen) atoms. The van der Waals surface area contributed by atoms with Gasteiger partial charge in [-0.2, -0.15) is 22.5 Å². The second kappa shape index (κ2) is 5.44. The monoisotopic (exact) mass is 254 g/mol. The SMILES string of the molecule is CCN(CCCN)c1nc(C(F)(F)F)ns1. The molecule has 0 spiro atoms. The molecule has 1 rings (SSSR count). The van der Waals surface area contributed by atoms with Crippen LogP contribution in [0, 0.1) is 0 Å². The number of rotatable bonds is 5. The van der Waals surface area contributed by atoms with E-state index in [1.165, 1.54) is 0 Å². The lowest BCUT2D eigenvalue weighted by Gasteiger charge is -2.18. The number of hydrogen-bond donors (Lipinski definition) is 1. The maximum absolute atomic E-state index is 12.3. The van der Waals surface area contributed by atoms with Crippen molar-refractivity contribution in [3.8, 4) is 0 Å². The molecule has 92 valence electrons. The molecule has 1 aromatic rings. The quantitative estimate of drug-likeness (QED) is 0.869. The van der Waals surface area contributed by atoms with Gasteiger partial charge in [0.1, 0.15) is 0 Å². The third kappa shape index (κ3) is 3.31. The van der Waals surface area contributed by atoms with Gasteiger partial charge in [-0.1, -0.05) is 0 Å². The molecule has 0 radical (unpaired) electrons. The third-order valence-corrected chi connectivity index (χ3v) is 2.73. The van der Waals surface area contributed by atoms with Crippen LogP contribution in [0.25, 0.3) is 0 Å². The van der Waals surface area contributed by atoms with Gasteiger partial charge in [0.05, 0.1) is 0 Å². The van der Waals surface area contributed by atoms with Crippen LogP contribution in [0.4, 0.5) is 18.3 Å². The molecule has 0 saturated heterocycles. The van der Waals surface area contributed by atoms with Crippen LogP contribution in [-0.2, 0) is 6.18 Å². The molecule has 1 heterocycles. The molecule has 4 nitrogen and oxygen atoms in total. The van der Waals surface area contributed by atoms with Crippen LogP contribution in [0.5, 0.6) is 0 Å². The number of aromatic nitrogens is 2. The van der Waals surface area contributed by atoms with Gasteiger partial charge in [-0.15, -0.1) is 0 Å². The van der Waals surface area contributed by atoms with Crippen molar-refractivity contribution >= 4 is 16.7 Å². The van der Waals surface area contributed by atoms with Crippen molar-refractivity contribution < 1.29 is 13.2 Å². The van der Waals surface area contributed by atoms with Crippen molar-refractivity contribution in [1.29, 1.82) is 0 Å². The fourth-order valence-electron chi connectivity index (χ4n) is 1.13. The van der Waals surface area contributed by atoms with Crippen molar-refractivity contribution in [1.82, 2.24) is 9.36 Å². The van der Waals surface area contributed by atoms with Gasteiger partial charge >= 0.3 is 6.18 Å². The summed E-state index contributed by atoms with van der Waals surface area (Å²) in [6.45, 7) is 3.54. The highest BCUT2D eigenvalue weighted by atomic mass is 32.1. The molecule has 0 saturated carbocycles. The molecule has 0 aliphatic carbocycles. The highest BCUT2D eigenvalue weighted by Crippen LogP contribution is 2.30. The van der Waals surface area contributed by atoms with Crippen molar-refractivity contribution in [3.63, 3.8) is 0 Å². The Morgan fingerprint density at radius 1 is 1.44 bits per heavy atom. The van der Waals surface area contributed by atoms with Gasteiger partial charge in [0.25, 0.3) is 0 Å². The van der Waals surface area contributed by atoms with Gasteiger partial charge < -0.3 is 10.6 Å². The fourth-order valence-corrected chi connectivity index (χ4v) is 1.91. The molecule has 0 atom stereocenters. The van der Waals surface area contributed by atoms with Crippen molar-refractivity contribution in [2.45, 2.75) is 19.5 Å². The summed E-state index contributed by atoms with van der Waals surface area (Å²) in [4.78, 5) is 5.21. The van der Waals surface area contributed by atoms with Gasteiger partial charge in [-0.25, -0.2) is 0 Å². The van der Waals surface area contributed by atoms with Crippen molar-refractivity contribution in [3.05, 3.63) is 5.82 Å². The zero-order valence-corrected chi connectivity index (χ0v) is 9.61. The Bertz CT molecular complexity index is 325. The summed E-state index contributed by atoms with van der Waals surface area (Å²) >= 11 is 0.764. The van der Waals surface area contributed by atoms with Gasteiger partial charge in [0.2, 0.25) is 11.0 Å². The van der Waals surface area contributed by atoms with E-state index in [0.29, 0.717) is 24.8 Å². The molecule has 0 aliphatic rings. The van der Waals surface area contributed by atoms with E-state index < -0.39 is 12.0 Å². The number of halogens is 3. The highest BCUT2D eigenvalue weighted by molar-refractivity contribution is 7.09. The number of anilines is 1. The van der Waals surface area contributed by atoms with Crippen LogP contribution >= 0.6 is 11.5 Å². The topological polar surface area (TPSA) is 55.0 Å². The van der Waals surface area contributed by atoms with Gasteiger partial charge in [0.15, 0.2) is 0 Å². The lowest BCUT2D eigenvalue weighted by Crippen LogP contribution is -2.25. The largest absolute Gasteiger partial charge is 0.452 e. The van der Waals surface area contributed by atoms with E-state index in [0.717, 1.165) is 18.0 Å². The minimum Gasteiger partial charge on any atom is -0.347 e. The summed E-state index contributed by atoms with van der Waals surface area (Å²) in [5, 5.41) is 0.295. The van der Waals surface area contributed by atoms with Crippen molar-refractivity contribution in [2.24, 2.45) is 5.73 Å². The van der Waals surface area contributed by atoms with Crippen LogP contribution in [0.15, 0.2) is 0 Å². The van der Waals surface area contributed by atoms with Crippen molar-refractivity contribution in [2.75, 3.05) is 24.5 Å². The molecule has 0 amide bonds. The minimum absolute atomic E-state index is 0.295. The molecule has 2 N–H and O–H groups in total. The predicted octanol–water partition coefficient (Wildman–Crippen LogP) is 1.73. The normalized spacial score (nSPS) is 11.8. The first kappa shape index (κ1) is 13.2. The summed E-state index contributed by atoms with van der Waals surface area (Å²) in [5.41, 5.74) is 5.34. The average molecular weight is 254 g/mol. The van der Waals surface area contributed by atoms with Gasteiger partial charge in [0, 0.05) is 24.6 Å². The Labute approximate surface area is 95.4 Å². The van der Waals surface area contributed by atoms with E-state index in [1.54, 1.807) is 4.90 Å². The smallest absolute Gasteiger partial charge is 0.347 e. The maximum Gasteiger partial charge on any atom is 0.452 e. The van der Waals surface area contributed by atoms with Crippen LogP contribution in [0.3, 0.4) is 0 Å². The summed E-state index contributed by atoms with van der Waals surface area (Å²) in [5.74, 6) is -1.07. The Balaban J connectivity index is 2.75. The molecule has 0 aromatic carbocycles. The van der Waals surface area contributed by atoms with E-state index >= 15 is 0 Å². The number of nitrogens with zero attached hydrogens (tertiary/aromatic N) is 3. The maximum atomic E-state index is 12.3. The van der Waals surface area contributed by atoms with E-state index in [9.17, 15) is 13.2 Å². The highest BCUT2D eigenvalue weighted by Gasteiger charge is 2.36. The summed E-state index contributed by atoms with van der Waals surface area (Å²) in [6, 6.07) is 0. The Morgan fingerprint density at radius 2 is 2.12 bits per heavy atom. The second-order valence-corrected chi connectivity index (χ2v) is 3.85. The molecular weight excluding hydrogens is 241 g/mol. The number of alkyl halides is 3.